The van der Waals surface area contributed by atoms with Crippen LogP contribution in [-0.2, 0) is 19.1 Å². The van der Waals surface area contributed by atoms with Gasteiger partial charge in [0.05, 0.1) is 13.2 Å². The molecule has 2 fully saturated rings. The fraction of sp³-hybridized carbons (Fsp3) is 0.619. The Bertz CT molecular complexity index is 635. The number of ether oxygens (including phenoxy) is 2. The molecule has 1 unspecified atom stereocenters. The van der Waals surface area contributed by atoms with Crippen LogP contribution in [0.2, 0.25) is 0 Å². The minimum Gasteiger partial charge on any atom is -0.465 e. The van der Waals surface area contributed by atoms with Gasteiger partial charge < -0.3 is 9.47 Å². The number of carbonyl (C=O) groups is 2. The largest absolute Gasteiger partial charge is 0.465 e. The summed E-state index contributed by atoms with van der Waals surface area (Å²) in [4.78, 5) is 25.4. The quantitative estimate of drug-likeness (QED) is 0.425. The molecule has 4 nitrogen and oxygen atoms in total. The van der Waals surface area contributed by atoms with E-state index in [9.17, 15) is 9.59 Å². The van der Waals surface area contributed by atoms with E-state index >= 15 is 0 Å². The summed E-state index contributed by atoms with van der Waals surface area (Å²) in [6.07, 6.45) is 8.75. The van der Waals surface area contributed by atoms with Crippen LogP contribution >= 0.6 is 0 Å². The minimum atomic E-state index is -1.22. The van der Waals surface area contributed by atoms with Crippen molar-refractivity contribution >= 4 is 11.9 Å². The van der Waals surface area contributed by atoms with Crippen LogP contribution in [0.1, 0.15) is 58.8 Å². The van der Waals surface area contributed by atoms with Gasteiger partial charge in [-0.2, -0.15) is 0 Å². The summed E-state index contributed by atoms with van der Waals surface area (Å²) in [6, 6.07) is 0. The number of hydrogen-bond acceptors (Lipinski definition) is 4. The molecule has 0 bridgehead atoms. The van der Waals surface area contributed by atoms with Crippen molar-refractivity contribution in [2.24, 2.45) is 11.3 Å². The van der Waals surface area contributed by atoms with Gasteiger partial charge >= 0.3 is 11.9 Å². The second-order valence-corrected chi connectivity index (χ2v) is 7.26. The summed E-state index contributed by atoms with van der Waals surface area (Å²) in [5, 5.41) is 0. The summed E-state index contributed by atoms with van der Waals surface area (Å²) in [5.74, 6) is -0.842. The topological polar surface area (TPSA) is 52.6 Å². The second-order valence-electron chi connectivity index (χ2n) is 7.26. The molecule has 0 spiro atoms. The van der Waals surface area contributed by atoms with Crippen LogP contribution in [0.15, 0.2) is 34.9 Å². The number of fused-ring (bicyclic) bond motifs is 1. The lowest BCUT2D eigenvalue weighted by molar-refractivity contribution is -0.171. The van der Waals surface area contributed by atoms with Crippen molar-refractivity contribution in [3.8, 4) is 0 Å². The molecule has 0 heterocycles. The summed E-state index contributed by atoms with van der Waals surface area (Å²) in [5.41, 5.74) is 4.04. The lowest BCUT2D eigenvalue weighted by Gasteiger charge is -2.25. The Balaban J connectivity index is 1.90. The summed E-state index contributed by atoms with van der Waals surface area (Å²) in [6.45, 7) is 8.27. The Morgan fingerprint density at radius 3 is 2.44 bits per heavy atom. The van der Waals surface area contributed by atoms with Crippen molar-refractivity contribution in [3.63, 3.8) is 0 Å². The maximum atomic E-state index is 12.7. The predicted molar refractivity (Wildman–Crippen MR) is 95.8 cm³/mol. The van der Waals surface area contributed by atoms with E-state index in [4.69, 9.17) is 9.47 Å². The molecule has 4 heteroatoms. The van der Waals surface area contributed by atoms with E-state index in [0.717, 1.165) is 24.8 Å². The molecule has 3 aliphatic rings. The van der Waals surface area contributed by atoms with E-state index in [1.807, 2.05) is 0 Å². The van der Waals surface area contributed by atoms with E-state index in [2.05, 4.69) is 12.7 Å². The zero-order valence-corrected chi connectivity index (χ0v) is 15.4. The smallest absolute Gasteiger partial charge is 0.323 e. The highest BCUT2D eigenvalue weighted by Gasteiger charge is 2.56. The third kappa shape index (κ3) is 3.07. The average molecular weight is 344 g/mol. The van der Waals surface area contributed by atoms with Gasteiger partial charge in [-0.1, -0.05) is 23.8 Å². The third-order valence-electron chi connectivity index (χ3n) is 5.79. The SMILES string of the molecule is C=C1CC(C(=O)OCC)(C(=O)OCC)CC1C1=C2CCCCC2=CC1. The Labute approximate surface area is 150 Å². The van der Waals surface area contributed by atoms with Gasteiger partial charge in [-0.3, -0.25) is 9.59 Å². The molecule has 0 N–H and O–H groups in total. The van der Waals surface area contributed by atoms with E-state index in [-0.39, 0.29) is 19.1 Å². The van der Waals surface area contributed by atoms with Crippen molar-refractivity contribution in [2.75, 3.05) is 13.2 Å². The van der Waals surface area contributed by atoms with E-state index in [1.165, 1.54) is 29.6 Å². The molecular formula is C21H28O4. The maximum absolute atomic E-state index is 12.7. The molecule has 0 amide bonds. The number of allylic oxidation sites excluding steroid dienone is 5. The highest BCUT2D eigenvalue weighted by Crippen LogP contribution is 2.53. The van der Waals surface area contributed by atoms with Crippen LogP contribution in [0.3, 0.4) is 0 Å². The molecule has 0 aromatic rings. The first-order valence-corrected chi connectivity index (χ1v) is 9.47. The van der Waals surface area contributed by atoms with Gasteiger partial charge in [0.1, 0.15) is 0 Å². The van der Waals surface area contributed by atoms with Crippen LogP contribution in [-0.4, -0.2) is 25.2 Å². The first-order valence-electron chi connectivity index (χ1n) is 9.47. The fourth-order valence-corrected chi connectivity index (χ4v) is 4.61. The second kappa shape index (κ2) is 7.19. The standard InChI is InChI=1S/C21H28O4/c1-4-24-19(22)21(20(23)25-5-2)12-14(3)18(13-21)17-11-10-15-8-6-7-9-16(15)17/h10,18H,3-9,11-13H2,1-2H3. The summed E-state index contributed by atoms with van der Waals surface area (Å²) >= 11 is 0. The van der Waals surface area contributed by atoms with Gasteiger partial charge in [0.25, 0.3) is 0 Å². The van der Waals surface area contributed by atoms with Gasteiger partial charge in [-0.15, -0.1) is 0 Å². The number of carbonyl (C=O) groups excluding carboxylic acids is 2. The van der Waals surface area contributed by atoms with Crippen molar-refractivity contribution in [1.82, 2.24) is 0 Å². The van der Waals surface area contributed by atoms with Gasteiger partial charge in [0.15, 0.2) is 5.41 Å². The van der Waals surface area contributed by atoms with Crippen LogP contribution in [0.4, 0.5) is 0 Å². The molecule has 0 aromatic carbocycles. The van der Waals surface area contributed by atoms with Crippen LogP contribution < -0.4 is 0 Å². The Kier molecular flexibility index (Phi) is 5.16. The normalized spacial score (nSPS) is 24.8. The lowest BCUT2D eigenvalue weighted by atomic mass is 9.81. The molecule has 2 saturated carbocycles. The average Bonchev–Trinajstić information content (AvgIpc) is 3.17. The van der Waals surface area contributed by atoms with Gasteiger partial charge in [-0.25, -0.2) is 0 Å². The van der Waals surface area contributed by atoms with Crippen molar-refractivity contribution in [1.29, 1.82) is 0 Å². The molecule has 0 saturated heterocycles. The van der Waals surface area contributed by atoms with Crippen LogP contribution in [0.5, 0.6) is 0 Å². The fourth-order valence-electron chi connectivity index (χ4n) is 4.61. The molecule has 3 aliphatic carbocycles. The number of rotatable bonds is 5. The van der Waals surface area contributed by atoms with E-state index < -0.39 is 17.4 Å². The van der Waals surface area contributed by atoms with E-state index in [1.54, 1.807) is 13.8 Å². The Hall–Kier alpha value is -1.84. The lowest BCUT2D eigenvalue weighted by Crippen LogP contribution is -2.40. The Morgan fingerprint density at radius 2 is 1.80 bits per heavy atom. The van der Waals surface area contributed by atoms with Gasteiger partial charge in [0, 0.05) is 5.92 Å². The van der Waals surface area contributed by atoms with E-state index in [0.29, 0.717) is 12.8 Å². The summed E-state index contributed by atoms with van der Waals surface area (Å²) < 4.78 is 10.5. The molecule has 0 aromatic heterocycles. The maximum Gasteiger partial charge on any atom is 0.323 e. The first-order chi connectivity index (χ1) is 12.0. The third-order valence-corrected chi connectivity index (χ3v) is 5.79. The van der Waals surface area contributed by atoms with Crippen molar-refractivity contribution in [3.05, 3.63) is 34.9 Å². The molecule has 1 atom stereocenters. The number of hydrogen-bond donors (Lipinski definition) is 0. The van der Waals surface area contributed by atoms with Crippen molar-refractivity contribution in [2.45, 2.75) is 58.8 Å². The van der Waals surface area contributed by atoms with Crippen LogP contribution in [0, 0.1) is 11.3 Å². The van der Waals surface area contributed by atoms with Crippen LogP contribution in [0.25, 0.3) is 0 Å². The molecule has 0 aliphatic heterocycles. The predicted octanol–water partition coefficient (Wildman–Crippen LogP) is 4.27. The highest BCUT2D eigenvalue weighted by molar-refractivity contribution is 6.01. The van der Waals surface area contributed by atoms with Gasteiger partial charge in [0.2, 0.25) is 0 Å². The molecule has 3 rings (SSSR count). The van der Waals surface area contributed by atoms with Gasteiger partial charge in [-0.05, 0) is 69.9 Å². The minimum absolute atomic E-state index is 0.0793. The summed E-state index contributed by atoms with van der Waals surface area (Å²) in [7, 11) is 0. The first kappa shape index (κ1) is 18.0. The molecule has 136 valence electrons. The molecular weight excluding hydrogens is 316 g/mol. The molecule has 0 radical (unpaired) electrons. The molecule has 25 heavy (non-hydrogen) atoms. The monoisotopic (exact) mass is 344 g/mol. The number of esters is 2. The Morgan fingerprint density at radius 1 is 1.16 bits per heavy atom. The zero-order chi connectivity index (χ0) is 18.0. The highest BCUT2D eigenvalue weighted by atomic mass is 16.6. The van der Waals surface area contributed by atoms with Crippen molar-refractivity contribution < 1.29 is 19.1 Å². The zero-order valence-electron chi connectivity index (χ0n) is 15.4.